The number of rotatable bonds is 5. The average molecular weight is 462 g/mol. The monoisotopic (exact) mass is 461 g/mol. The minimum Gasteiger partial charge on any atom is -0.325 e. The van der Waals surface area contributed by atoms with Gasteiger partial charge in [0.25, 0.3) is 5.56 Å². The van der Waals surface area contributed by atoms with Gasteiger partial charge in [0.1, 0.15) is 4.70 Å². The van der Waals surface area contributed by atoms with Crippen LogP contribution < -0.4 is 10.9 Å². The number of hydrogen-bond donors (Lipinski definition) is 1. The molecule has 0 aliphatic heterocycles. The first-order chi connectivity index (χ1) is 15.5. The normalized spacial score (nSPS) is 12.8. The number of carbonyl (C=O) groups excluding carboxylic acids is 1. The summed E-state index contributed by atoms with van der Waals surface area (Å²) >= 11 is 2.68. The highest BCUT2D eigenvalue weighted by atomic mass is 32.2. The van der Waals surface area contributed by atoms with E-state index in [0.29, 0.717) is 15.4 Å². The fraction of sp³-hybridized carbons (Fsp3) is 0.240. The third kappa shape index (κ3) is 3.98. The molecule has 1 N–H and O–H groups in total. The van der Waals surface area contributed by atoms with Gasteiger partial charge in [-0.3, -0.25) is 14.2 Å². The lowest BCUT2D eigenvalue weighted by atomic mass is 10.1. The van der Waals surface area contributed by atoms with Gasteiger partial charge in [-0.05, 0) is 79.4 Å². The lowest BCUT2D eigenvalue weighted by molar-refractivity contribution is -0.113. The third-order valence-electron chi connectivity index (χ3n) is 5.76. The minimum absolute atomic E-state index is 0.0986. The molecule has 0 atom stereocenters. The van der Waals surface area contributed by atoms with Gasteiger partial charge in [0.2, 0.25) is 5.91 Å². The average Bonchev–Trinajstić information content (AvgIpc) is 3.42. The zero-order valence-electron chi connectivity index (χ0n) is 18.0. The van der Waals surface area contributed by atoms with Gasteiger partial charge in [-0.15, -0.1) is 11.3 Å². The summed E-state index contributed by atoms with van der Waals surface area (Å²) in [4.78, 5) is 30.7. The fourth-order valence-electron chi connectivity index (χ4n) is 4.23. The topological polar surface area (TPSA) is 64.0 Å². The van der Waals surface area contributed by atoms with Crippen molar-refractivity contribution < 1.29 is 4.79 Å². The second-order valence-corrected chi connectivity index (χ2v) is 9.99. The Hall–Kier alpha value is -2.90. The number of nitrogens with one attached hydrogen (secondary N) is 1. The van der Waals surface area contributed by atoms with E-state index in [1.165, 1.54) is 40.6 Å². The molecule has 5 rings (SSSR count). The van der Waals surface area contributed by atoms with Crippen molar-refractivity contribution in [1.29, 1.82) is 0 Å². The zero-order valence-corrected chi connectivity index (χ0v) is 19.6. The molecule has 162 valence electrons. The van der Waals surface area contributed by atoms with E-state index in [-0.39, 0.29) is 17.2 Å². The van der Waals surface area contributed by atoms with Gasteiger partial charge in [-0.2, -0.15) is 0 Å². The number of aromatic nitrogens is 2. The van der Waals surface area contributed by atoms with Gasteiger partial charge in [0.05, 0.1) is 17.0 Å². The Morgan fingerprint density at radius 2 is 1.97 bits per heavy atom. The summed E-state index contributed by atoms with van der Waals surface area (Å²) in [5.74, 6) is 0.0594. The van der Waals surface area contributed by atoms with Crippen LogP contribution in [0.15, 0.2) is 57.8 Å². The third-order valence-corrected chi connectivity index (χ3v) is 7.59. The standard InChI is InChI=1S/C25H23N3O2S2/c1-15-6-9-21(16(2)12-15)28-24(30)23-20(10-11-31-23)27-25(28)32-14-22(29)26-19-8-7-17-4-3-5-18(17)13-19/h6-13H,3-5,14H2,1-2H3,(H,26,29). The summed E-state index contributed by atoms with van der Waals surface area (Å²) in [6, 6.07) is 14.0. The van der Waals surface area contributed by atoms with Gasteiger partial charge in [-0.25, -0.2) is 4.98 Å². The maximum atomic E-state index is 13.3. The number of amides is 1. The van der Waals surface area contributed by atoms with E-state index in [9.17, 15) is 9.59 Å². The molecule has 0 fully saturated rings. The zero-order chi connectivity index (χ0) is 22.2. The Labute approximate surface area is 194 Å². The maximum Gasteiger partial charge on any atom is 0.276 e. The number of hydrogen-bond acceptors (Lipinski definition) is 5. The summed E-state index contributed by atoms with van der Waals surface area (Å²) in [7, 11) is 0. The van der Waals surface area contributed by atoms with Crippen LogP contribution in [0.1, 0.15) is 28.7 Å². The molecule has 0 spiro atoms. The Morgan fingerprint density at radius 1 is 1.12 bits per heavy atom. The van der Waals surface area contributed by atoms with E-state index in [1.54, 1.807) is 4.57 Å². The number of benzene rings is 2. The largest absolute Gasteiger partial charge is 0.325 e. The smallest absolute Gasteiger partial charge is 0.276 e. The first-order valence-corrected chi connectivity index (χ1v) is 12.5. The molecule has 2 heterocycles. The second-order valence-electron chi connectivity index (χ2n) is 8.13. The Kier molecular flexibility index (Phi) is 5.61. The van der Waals surface area contributed by atoms with Crippen LogP contribution in [0.2, 0.25) is 0 Å². The lowest BCUT2D eigenvalue weighted by Crippen LogP contribution is -2.23. The number of thioether (sulfide) groups is 1. The molecule has 1 aliphatic carbocycles. The molecule has 5 nitrogen and oxygen atoms in total. The summed E-state index contributed by atoms with van der Waals surface area (Å²) in [6.45, 7) is 4.02. The molecule has 2 aromatic carbocycles. The SMILES string of the molecule is Cc1ccc(-n2c(SCC(=O)Nc3ccc4c(c3)CCC4)nc3ccsc3c2=O)c(C)c1. The van der Waals surface area contributed by atoms with Crippen molar-refractivity contribution in [1.82, 2.24) is 9.55 Å². The van der Waals surface area contributed by atoms with Crippen LogP contribution in [-0.4, -0.2) is 21.2 Å². The van der Waals surface area contributed by atoms with Gasteiger partial charge in [0.15, 0.2) is 5.16 Å². The van der Waals surface area contributed by atoms with Crippen LogP contribution in [0, 0.1) is 13.8 Å². The highest BCUT2D eigenvalue weighted by Gasteiger charge is 2.17. The molecule has 0 unspecified atom stereocenters. The highest BCUT2D eigenvalue weighted by molar-refractivity contribution is 7.99. The van der Waals surface area contributed by atoms with Crippen LogP contribution in [0.25, 0.3) is 15.9 Å². The molecule has 0 radical (unpaired) electrons. The van der Waals surface area contributed by atoms with E-state index in [0.717, 1.165) is 35.3 Å². The summed E-state index contributed by atoms with van der Waals surface area (Å²) < 4.78 is 2.26. The molecule has 0 saturated heterocycles. The van der Waals surface area contributed by atoms with E-state index in [1.807, 2.05) is 43.5 Å². The molecule has 0 saturated carbocycles. The van der Waals surface area contributed by atoms with E-state index in [2.05, 4.69) is 23.5 Å². The van der Waals surface area contributed by atoms with Crippen molar-refractivity contribution in [2.75, 3.05) is 11.1 Å². The Bertz CT molecular complexity index is 1400. The number of aryl methyl sites for hydroxylation is 4. The van der Waals surface area contributed by atoms with Gasteiger partial charge in [-0.1, -0.05) is 35.5 Å². The Balaban J connectivity index is 1.43. The molecular weight excluding hydrogens is 438 g/mol. The number of fused-ring (bicyclic) bond motifs is 2. The number of nitrogens with zero attached hydrogens (tertiary/aromatic N) is 2. The van der Waals surface area contributed by atoms with Crippen LogP contribution >= 0.6 is 23.1 Å². The van der Waals surface area contributed by atoms with Gasteiger partial charge >= 0.3 is 0 Å². The van der Waals surface area contributed by atoms with Crippen molar-refractivity contribution in [2.24, 2.45) is 0 Å². The Morgan fingerprint density at radius 3 is 2.81 bits per heavy atom. The maximum absolute atomic E-state index is 13.3. The summed E-state index contributed by atoms with van der Waals surface area (Å²) in [6.07, 6.45) is 3.36. The predicted octanol–water partition coefficient (Wildman–Crippen LogP) is 5.28. The van der Waals surface area contributed by atoms with Crippen molar-refractivity contribution in [3.05, 3.63) is 80.5 Å². The molecule has 1 amide bonds. The molecule has 4 aromatic rings. The highest BCUT2D eigenvalue weighted by Crippen LogP contribution is 2.27. The molecule has 2 aromatic heterocycles. The first-order valence-electron chi connectivity index (χ1n) is 10.6. The number of carbonyl (C=O) groups is 1. The van der Waals surface area contributed by atoms with Crippen LogP contribution in [0.5, 0.6) is 0 Å². The predicted molar refractivity (Wildman–Crippen MR) is 133 cm³/mol. The fourth-order valence-corrected chi connectivity index (χ4v) is 5.80. The lowest BCUT2D eigenvalue weighted by Gasteiger charge is -2.15. The van der Waals surface area contributed by atoms with Gasteiger partial charge in [0, 0.05) is 5.69 Å². The molecule has 0 bridgehead atoms. The van der Waals surface area contributed by atoms with Crippen molar-refractivity contribution >= 4 is 44.9 Å². The number of anilines is 1. The van der Waals surface area contributed by atoms with Gasteiger partial charge < -0.3 is 5.32 Å². The second kappa shape index (κ2) is 8.56. The van der Waals surface area contributed by atoms with Crippen molar-refractivity contribution in [3.8, 4) is 5.69 Å². The minimum atomic E-state index is -0.111. The van der Waals surface area contributed by atoms with Crippen molar-refractivity contribution in [2.45, 2.75) is 38.3 Å². The van der Waals surface area contributed by atoms with E-state index in [4.69, 9.17) is 4.98 Å². The molecule has 7 heteroatoms. The summed E-state index contributed by atoms with van der Waals surface area (Å²) in [5, 5.41) is 5.39. The van der Waals surface area contributed by atoms with Crippen LogP contribution in [0.3, 0.4) is 0 Å². The van der Waals surface area contributed by atoms with Crippen LogP contribution in [-0.2, 0) is 17.6 Å². The van der Waals surface area contributed by atoms with Crippen LogP contribution in [0.4, 0.5) is 5.69 Å². The van der Waals surface area contributed by atoms with E-state index >= 15 is 0 Å². The quantitative estimate of drug-likeness (QED) is 0.324. The number of thiophene rings is 1. The summed E-state index contributed by atoms with van der Waals surface area (Å²) in [5.41, 5.74) is 7.02. The first kappa shape index (κ1) is 21.0. The van der Waals surface area contributed by atoms with E-state index < -0.39 is 0 Å². The molecular formula is C25H23N3O2S2. The molecule has 1 aliphatic rings. The molecule has 32 heavy (non-hydrogen) atoms. The van der Waals surface area contributed by atoms with Crippen molar-refractivity contribution in [3.63, 3.8) is 0 Å².